The minimum Gasteiger partial charge on any atom is -0.378 e. The molecule has 0 radical (unpaired) electrons. The van der Waals surface area contributed by atoms with E-state index in [0.717, 1.165) is 12.8 Å². The number of thiophene rings is 1. The zero-order valence-corrected chi connectivity index (χ0v) is 9.50. The third-order valence-electron chi connectivity index (χ3n) is 3.23. The number of nitrogens with zero attached hydrogens (tertiary/aromatic N) is 1. The lowest BCUT2D eigenvalue weighted by atomic mass is 9.90. The fourth-order valence-electron chi connectivity index (χ4n) is 2.14. The summed E-state index contributed by atoms with van der Waals surface area (Å²) in [6.45, 7) is 2.18. The minimum atomic E-state index is -0.272. The summed E-state index contributed by atoms with van der Waals surface area (Å²) in [6.07, 6.45) is 1.76. The molecule has 1 N–H and O–H groups in total. The van der Waals surface area contributed by atoms with Crippen molar-refractivity contribution in [2.45, 2.75) is 38.0 Å². The van der Waals surface area contributed by atoms with Crippen molar-refractivity contribution in [1.82, 2.24) is 4.90 Å². The molecule has 0 aliphatic carbocycles. The highest BCUT2D eigenvalue weighted by molar-refractivity contribution is 7.10. The highest BCUT2D eigenvalue weighted by Crippen LogP contribution is 2.35. The molecule has 2 heterocycles. The van der Waals surface area contributed by atoms with Crippen molar-refractivity contribution in [1.29, 1.82) is 0 Å². The second-order valence-corrected chi connectivity index (χ2v) is 5.16. The number of rotatable bonds is 1. The van der Waals surface area contributed by atoms with Gasteiger partial charge in [0.15, 0.2) is 0 Å². The Balaban J connectivity index is 2.10. The van der Waals surface area contributed by atoms with E-state index in [2.05, 4.69) is 29.3 Å². The molecule has 0 aromatic carbocycles. The third-order valence-corrected chi connectivity index (χ3v) is 4.27. The van der Waals surface area contributed by atoms with Gasteiger partial charge >= 0.3 is 0 Å². The van der Waals surface area contributed by atoms with E-state index < -0.39 is 0 Å². The molecule has 1 fully saturated rings. The molecule has 0 amide bonds. The van der Waals surface area contributed by atoms with Gasteiger partial charge < -0.3 is 5.11 Å². The van der Waals surface area contributed by atoms with E-state index in [4.69, 9.17) is 0 Å². The highest BCUT2D eigenvalue weighted by atomic mass is 32.1. The van der Waals surface area contributed by atoms with Gasteiger partial charge in [-0.3, -0.25) is 4.90 Å². The SMILES string of the molecule is CC1CC(c2cccs2)CC(O)N1C. The van der Waals surface area contributed by atoms with Crippen LogP contribution in [0.2, 0.25) is 0 Å². The van der Waals surface area contributed by atoms with Crippen LogP contribution in [0.4, 0.5) is 0 Å². The number of piperidine rings is 1. The zero-order valence-electron chi connectivity index (χ0n) is 8.68. The maximum atomic E-state index is 9.85. The molecule has 0 bridgehead atoms. The van der Waals surface area contributed by atoms with E-state index in [9.17, 15) is 5.11 Å². The quantitative estimate of drug-likeness (QED) is 0.770. The van der Waals surface area contributed by atoms with Crippen LogP contribution in [0.15, 0.2) is 17.5 Å². The molecule has 1 saturated heterocycles. The second kappa shape index (κ2) is 4.01. The normalized spacial score (nSPS) is 34.6. The average Bonchev–Trinajstić information content (AvgIpc) is 2.66. The standard InChI is InChI=1S/C11H17NOS/c1-8-6-9(7-11(13)12(8)2)10-4-3-5-14-10/h3-5,8-9,11,13H,6-7H2,1-2H3. The van der Waals surface area contributed by atoms with Gasteiger partial charge in [-0.25, -0.2) is 0 Å². The Hall–Kier alpha value is -0.380. The molecule has 3 unspecified atom stereocenters. The van der Waals surface area contributed by atoms with Gasteiger partial charge in [-0.05, 0) is 44.2 Å². The molecule has 78 valence electrons. The van der Waals surface area contributed by atoms with Crippen LogP contribution in [-0.4, -0.2) is 29.3 Å². The molecule has 3 atom stereocenters. The van der Waals surface area contributed by atoms with Crippen molar-refractivity contribution in [2.75, 3.05) is 7.05 Å². The molecular weight excluding hydrogens is 194 g/mol. The third kappa shape index (κ3) is 1.85. The van der Waals surface area contributed by atoms with Crippen molar-refractivity contribution >= 4 is 11.3 Å². The maximum absolute atomic E-state index is 9.85. The largest absolute Gasteiger partial charge is 0.378 e. The summed E-state index contributed by atoms with van der Waals surface area (Å²) >= 11 is 1.81. The minimum absolute atomic E-state index is 0.272. The first-order valence-electron chi connectivity index (χ1n) is 5.12. The summed E-state index contributed by atoms with van der Waals surface area (Å²) in [6, 6.07) is 4.75. The van der Waals surface area contributed by atoms with Crippen molar-refractivity contribution < 1.29 is 5.11 Å². The Labute approximate surface area is 89.2 Å². The zero-order chi connectivity index (χ0) is 10.1. The lowest BCUT2D eigenvalue weighted by Crippen LogP contribution is -2.44. The van der Waals surface area contributed by atoms with Crippen molar-refractivity contribution in [2.24, 2.45) is 0 Å². The number of aliphatic hydroxyl groups excluding tert-OH is 1. The summed E-state index contributed by atoms with van der Waals surface area (Å²) in [5, 5.41) is 12.0. The summed E-state index contributed by atoms with van der Waals surface area (Å²) in [5.41, 5.74) is 0. The van der Waals surface area contributed by atoms with Gasteiger partial charge in [0.05, 0.1) is 0 Å². The lowest BCUT2D eigenvalue weighted by Gasteiger charge is -2.38. The van der Waals surface area contributed by atoms with E-state index in [-0.39, 0.29) is 6.23 Å². The molecule has 1 aromatic heterocycles. The monoisotopic (exact) mass is 211 g/mol. The summed E-state index contributed by atoms with van der Waals surface area (Å²) in [5.74, 6) is 0.552. The Kier molecular flexibility index (Phi) is 2.91. The Morgan fingerprint density at radius 2 is 2.29 bits per heavy atom. The molecule has 0 spiro atoms. The van der Waals surface area contributed by atoms with E-state index in [1.165, 1.54) is 4.88 Å². The lowest BCUT2D eigenvalue weighted by molar-refractivity contribution is -0.0405. The topological polar surface area (TPSA) is 23.5 Å². The van der Waals surface area contributed by atoms with Gasteiger partial charge in [-0.1, -0.05) is 6.07 Å². The van der Waals surface area contributed by atoms with Gasteiger partial charge in [-0.2, -0.15) is 0 Å². The highest BCUT2D eigenvalue weighted by Gasteiger charge is 2.30. The summed E-state index contributed by atoms with van der Waals surface area (Å²) < 4.78 is 0. The number of hydrogen-bond acceptors (Lipinski definition) is 3. The van der Waals surface area contributed by atoms with E-state index >= 15 is 0 Å². The van der Waals surface area contributed by atoms with Crippen LogP contribution in [-0.2, 0) is 0 Å². The first kappa shape index (κ1) is 10.1. The van der Waals surface area contributed by atoms with Crippen LogP contribution in [0.25, 0.3) is 0 Å². The van der Waals surface area contributed by atoms with Gasteiger partial charge in [0.25, 0.3) is 0 Å². The van der Waals surface area contributed by atoms with Crippen molar-refractivity contribution in [3.63, 3.8) is 0 Å². The fourth-order valence-corrected chi connectivity index (χ4v) is 3.00. The maximum Gasteiger partial charge on any atom is 0.107 e. The number of aliphatic hydroxyl groups is 1. The van der Waals surface area contributed by atoms with Crippen LogP contribution < -0.4 is 0 Å². The van der Waals surface area contributed by atoms with Gasteiger partial charge in [0.1, 0.15) is 6.23 Å². The van der Waals surface area contributed by atoms with Crippen LogP contribution in [0.3, 0.4) is 0 Å². The molecule has 0 saturated carbocycles. The molecule has 1 aliphatic rings. The molecule has 1 aromatic rings. The summed E-state index contributed by atoms with van der Waals surface area (Å²) in [4.78, 5) is 3.48. The van der Waals surface area contributed by atoms with E-state index in [0.29, 0.717) is 12.0 Å². The fraction of sp³-hybridized carbons (Fsp3) is 0.636. The molecule has 1 aliphatic heterocycles. The first-order valence-corrected chi connectivity index (χ1v) is 6.00. The van der Waals surface area contributed by atoms with Crippen LogP contribution in [0.5, 0.6) is 0 Å². The Bertz CT molecular complexity index is 273. The molecule has 2 rings (SSSR count). The van der Waals surface area contributed by atoms with Gasteiger partial charge in [0, 0.05) is 10.9 Å². The number of hydrogen-bond donors (Lipinski definition) is 1. The van der Waals surface area contributed by atoms with Gasteiger partial charge in [-0.15, -0.1) is 11.3 Å². The molecule has 2 nitrogen and oxygen atoms in total. The van der Waals surface area contributed by atoms with Crippen molar-refractivity contribution in [3.8, 4) is 0 Å². The van der Waals surface area contributed by atoms with Crippen LogP contribution in [0, 0.1) is 0 Å². The molecule has 14 heavy (non-hydrogen) atoms. The Morgan fingerprint density at radius 3 is 2.86 bits per heavy atom. The van der Waals surface area contributed by atoms with Crippen molar-refractivity contribution in [3.05, 3.63) is 22.4 Å². The van der Waals surface area contributed by atoms with Crippen LogP contribution >= 0.6 is 11.3 Å². The first-order chi connectivity index (χ1) is 6.68. The number of likely N-dealkylation sites (tertiary alicyclic amines) is 1. The average molecular weight is 211 g/mol. The molecular formula is C11H17NOS. The van der Waals surface area contributed by atoms with E-state index in [1.54, 1.807) is 11.3 Å². The smallest absolute Gasteiger partial charge is 0.107 e. The second-order valence-electron chi connectivity index (χ2n) is 4.18. The molecule has 3 heteroatoms. The summed E-state index contributed by atoms with van der Waals surface area (Å²) in [7, 11) is 2.00. The van der Waals surface area contributed by atoms with E-state index in [1.807, 2.05) is 7.05 Å². The van der Waals surface area contributed by atoms with Crippen LogP contribution in [0.1, 0.15) is 30.6 Å². The predicted octanol–water partition coefficient (Wildman–Crippen LogP) is 2.26. The Morgan fingerprint density at radius 1 is 1.50 bits per heavy atom. The van der Waals surface area contributed by atoms with Gasteiger partial charge in [0.2, 0.25) is 0 Å². The predicted molar refractivity (Wildman–Crippen MR) is 59.5 cm³/mol.